The van der Waals surface area contributed by atoms with Crippen LogP contribution in [0.5, 0.6) is 0 Å². The molecule has 1 aromatic heterocycles. The number of halogens is 1. The van der Waals surface area contributed by atoms with E-state index < -0.39 is 0 Å². The molecular weight excluding hydrogens is 370 g/mol. The Bertz CT molecular complexity index is 1070. The summed E-state index contributed by atoms with van der Waals surface area (Å²) in [6, 6.07) is 20.5. The van der Waals surface area contributed by atoms with Crippen molar-refractivity contribution in [3.63, 3.8) is 0 Å². The lowest BCUT2D eigenvalue weighted by Gasteiger charge is -2.33. The zero-order chi connectivity index (χ0) is 18.9. The molecule has 1 unspecified atom stereocenters. The van der Waals surface area contributed by atoms with Gasteiger partial charge in [-0.1, -0.05) is 54.1 Å². The highest BCUT2D eigenvalue weighted by Gasteiger charge is 2.30. The van der Waals surface area contributed by atoms with E-state index in [4.69, 9.17) is 21.0 Å². The lowest BCUT2D eigenvalue weighted by Crippen LogP contribution is -2.40. The normalized spacial score (nSPS) is 18.0. The maximum Gasteiger partial charge on any atom is 0.196 e. The Hall–Kier alpha value is -2.98. The Morgan fingerprint density at radius 1 is 1.04 bits per heavy atom. The first kappa shape index (κ1) is 17.1. The van der Waals surface area contributed by atoms with Gasteiger partial charge in [0.05, 0.1) is 19.4 Å². The van der Waals surface area contributed by atoms with Crippen LogP contribution in [0, 0.1) is 0 Å². The Kier molecular flexibility index (Phi) is 4.41. The Labute approximate surface area is 168 Å². The molecule has 5 rings (SSSR count). The zero-order valence-electron chi connectivity index (χ0n) is 15.3. The fourth-order valence-electron chi connectivity index (χ4n) is 4.03. The number of furan rings is 1. The van der Waals surface area contributed by atoms with Gasteiger partial charge in [0.15, 0.2) is 5.96 Å². The van der Waals surface area contributed by atoms with Gasteiger partial charge >= 0.3 is 0 Å². The Morgan fingerprint density at radius 2 is 1.86 bits per heavy atom. The van der Waals surface area contributed by atoms with E-state index in [1.165, 1.54) is 22.3 Å². The number of hydrogen-bond acceptors (Lipinski definition) is 4. The third-order valence-electron chi connectivity index (χ3n) is 5.37. The van der Waals surface area contributed by atoms with Gasteiger partial charge < -0.3 is 15.1 Å². The molecule has 0 saturated carbocycles. The summed E-state index contributed by atoms with van der Waals surface area (Å²) in [5.41, 5.74) is 6.17. The largest absolute Gasteiger partial charge is 0.467 e. The average molecular weight is 390 g/mol. The van der Waals surface area contributed by atoms with Crippen LogP contribution in [0.25, 0.3) is 5.70 Å². The number of hydrogen-bond donors (Lipinski definition) is 2. The fourth-order valence-corrected chi connectivity index (χ4v) is 4.30. The van der Waals surface area contributed by atoms with Gasteiger partial charge in [-0.2, -0.15) is 0 Å². The number of nitrogens with zero attached hydrogens (tertiary/aromatic N) is 1. The van der Waals surface area contributed by atoms with Crippen molar-refractivity contribution >= 4 is 23.3 Å². The summed E-state index contributed by atoms with van der Waals surface area (Å²) in [7, 11) is 0. The minimum atomic E-state index is 0.248. The van der Waals surface area contributed by atoms with Crippen LogP contribution < -0.4 is 10.6 Å². The van der Waals surface area contributed by atoms with Crippen molar-refractivity contribution in [2.24, 2.45) is 4.99 Å². The van der Waals surface area contributed by atoms with Crippen molar-refractivity contribution in [1.82, 2.24) is 10.6 Å². The number of guanidine groups is 1. The molecule has 0 saturated heterocycles. The fraction of sp³-hybridized carbons (Fsp3) is 0.174. The summed E-state index contributed by atoms with van der Waals surface area (Å²) < 4.78 is 5.39. The van der Waals surface area contributed by atoms with Crippen LogP contribution >= 0.6 is 11.6 Å². The molecule has 0 spiro atoms. The Morgan fingerprint density at radius 3 is 2.68 bits per heavy atom. The molecule has 3 aromatic rings. The molecule has 4 nitrogen and oxygen atoms in total. The zero-order valence-corrected chi connectivity index (χ0v) is 16.0. The Balaban J connectivity index is 1.44. The molecule has 1 aliphatic heterocycles. The molecule has 28 heavy (non-hydrogen) atoms. The van der Waals surface area contributed by atoms with Crippen LogP contribution in [0.4, 0.5) is 0 Å². The first-order chi connectivity index (χ1) is 13.8. The van der Waals surface area contributed by atoms with Crippen molar-refractivity contribution in [3.05, 3.63) is 100.0 Å². The van der Waals surface area contributed by atoms with Crippen molar-refractivity contribution < 1.29 is 4.42 Å². The molecule has 2 aromatic carbocycles. The monoisotopic (exact) mass is 389 g/mol. The SMILES string of the molecule is Clc1ccccc1C1CC2=C(NC(NCc3ccco3)=NC2)c2ccccc21. The van der Waals surface area contributed by atoms with Crippen LogP contribution in [0.15, 0.2) is 81.9 Å². The van der Waals surface area contributed by atoms with Crippen LogP contribution in [-0.4, -0.2) is 12.5 Å². The molecule has 2 N–H and O–H groups in total. The third-order valence-corrected chi connectivity index (χ3v) is 5.72. The second-order valence-corrected chi connectivity index (χ2v) is 7.47. The van der Waals surface area contributed by atoms with Crippen molar-refractivity contribution in [1.29, 1.82) is 0 Å². The number of fused-ring (bicyclic) bond motifs is 2. The topological polar surface area (TPSA) is 49.6 Å². The third kappa shape index (κ3) is 3.10. The molecule has 140 valence electrons. The van der Waals surface area contributed by atoms with Crippen LogP contribution in [-0.2, 0) is 6.54 Å². The molecular formula is C23H20ClN3O. The van der Waals surface area contributed by atoms with E-state index in [1.807, 2.05) is 24.3 Å². The first-order valence-corrected chi connectivity index (χ1v) is 9.81. The number of aliphatic imine (C=N–C) groups is 1. The minimum absolute atomic E-state index is 0.248. The van der Waals surface area contributed by atoms with Gasteiger partial charge in [0.1, 0.15) is 5.76 Å². The van der Waals surface area contributed by atoms with Crippen LogP contribution in [0.1, 0.15) is 34.8 Å². The van der Waals surface area contributed by atoms with E-state index in [2.05, 4.69) is 47.0 Å². The molecule has 2 heterocycles. The van der Waals surface area contributed by atoms with E-state index >= 15 is 0 Å². The summed E-state index contributed by atoms with van der Waals surface area (Å²) >= 11 is 6.53. The van der Waals surface area contributed by atoms with Crippen molar-refractivity contribution in [3.8, 4) is 0 Å². The van der Waals surface area contributed by atoms with Gasteiger partial charge in [0, 0.05) is 22.2 Å². The second-order valence-electron chi connectivity index (χ2n) is 7.07. The van der Waals surface area contributed by atoms with E-state index in [9.17, 15) is 0 Å². The second kappa shape index (κ2) is 7.21. The summed E-state index contributed by atoms with van der Waals surface area (Å²) in [6.45, 7) is 1.28. The molecule has 0 amide bonds. The quantitative estimate of drug-likeness (QED) is 0.667. The van der Waals surface area contributed by atoms with Gasteiger partial charge in [-0.25, -0.2) is 4.99 Å². The van der Waals surface area contributed by atoms with E-state index in [1.54, 1.807) is 6.26 Å². The lowest BCUT2D eigenvalue weighted by molar-refractivity contribution is 0.502. The van der Waals surface area contributed by atoms with Crippen LogP contribution in [0.3, 0.4) is 0 Å². The molecule has 1 aliphatic carbocycles. The predicted molar refractivity (Wildman–Crippen MR) is 112 cm³/mol. The predicted octanol–water partition coefficient (Wildman–Crippen LogP) is 4.93. The van der Waals surface area contributed by atoms with E-state index in [-0.39, 0.29) is 5.92 Å². The lowest BCUT2D eigenvalue weighted by atomic mass is 9.77. The molecule has 1 atom stereocenters. The van der Waals surface area contributed by atoms with Crippen LogP contribution in [0.2, 0.25) is 5.02 Å². The standard InChI is InChI=1S/C23H20ClN3O/c24-21-10-4-3-8-18(21)20-12-15-13-25-23(26-14-16-6-5-11-28-16)27-22(15)19-9-2-1-7-17(19)20/h1-11,20H,12-14H2,(H2,25,26,27). The minimum Gasteiger partial charge on any atom is -0.467 e. The maximum atomic E-state index is 6.53. The molecule has 0 fully saturated rings. The molecule has 2 aliphatic rings. The van der Waals surface area contributed by atoms with E-state index in [0.717, 1.165) is 28.9 Å². The summed E-state index contributed by atoms with van der Waals surface area (Å²) in [5, 5.41) is 7.65. The summed E-state index contributed by atoms with van der Waals surface area (Å²) in [5.74, 6) is 1.91. The average Bonchev–Trinajstić information content (AvgIpc) is 3.26. The van der Waals surface area contributed by atoms with Gasteiger partial charge in [0.25, 0.3) is 0 Å². The molecule has 0 bridgehead atoms. The highest BCUT2D eigenvalue weighted by molar-refractivity contribution is 6.31. The number of nitrogens with one attached hydrogen (secondary N) is 2. The summed E-state index contributed by atoms with van der Waals surface area (Å²) in [4.78, 5) is 4.70. The van der Waals surface area contributed by atoms with Gasteiger partial charge in [-0.15, -0.1) is 0 Å². The van der Waals surface area contributed by atoms with E-state index in [0.29, 0.717) is 13.1 Å². The number of benzene rings is 2. The molecule has 0 radical (unpaired) electrons. The van der Waals surface area contributed by atoms with Crippen molar-refractivity contribution in [2.45, 2.75) is 18.9 Å². The maximum absolute atomic E-state index is 6.53. The summed E-state index contributed by atoms with van der Waals surface area (Å²) in [6.07, 6.45) is 2.60. The van der Waals surface area contributed by atoms with Crippen molar-refractivity contribution in [2.75, 3.05) is 6.54 Å². The first-order valence-electron chi connectivity index (χ1n) is 9.43. The van der Waals surface area contributed by atoms with Gasteiger partial charge in [0.2, 0.25) is 0 Å². The number of rotatable bonds is 3. The molecule has 5 heteroatoms. The highest BCUT2D eigenvalue weighted by atomic mass is 35.5. The smallest absolute Gasteiger partial charge is 0.196 e. The highest BCUT2D eigenvalue weighted by Crippen LogP contribution is 2.43. The van der Waals surface area contributed by atoms with Gasteiger partial charge in [-0.3, -0.25) is 0 Å². The van der Waals surface area contributed by atoms with Gasteiger partial charge in [-0.05, 0) is 41.3 Å².